The Kier molecular flexibility index (Phi) is 5.33. The zero-order valence-electron chi connectivity index (χ0n) is 13.5. The number of aromatic nitrogens is 2. The van der Waals surface area contributed by atoms with E-state index in [0.717, 1.165) is 37.8 Å². The van der Waals surface area contributed by atoms with Gasteiger partial charge in [0.2, 0.25) is 0 Å². The zero-order valence-corrected chi connectivity index (χ0v) is 14.3. The van der Waals surface area contributed by atoms with Crippen LogP contribution in [0.1, 0.15) is 42.7 Å². The van der Waals surface area contributed by atoms with Crippen LogP contribution in [0.2, 0.25) is 0 Å². The van der Waals surface area contributed by atoms with Crippen LogP contribution in [0.3, 0.4) is 0 Å². The van der Waals surface area contributed by atoms with Gasteiger partial charge >= 0.3 is 6.03 Å². The van der Waals surface area contributed by atoms with Gasteiger partial charge in [0, 0.05) is 29.7 Å². The molecule has 0 spiro atoms. The van der Waals surface area contributed by atoms with Crippen LogP contribution in [-0.2, 0) is 6.42 Å². The van der Waals surface area contributed by atoms with Crippen molar-refractivity contribution >= 4 is 17.4 Å². The quantitative estimate of drug-likeness (QED) is 0.879. The summed E-state index contributed by atoms with van der Waals surface area (Å²) in [5, 5.41) is 12.1. The van der Waals surface area contributed by atoms with Gasteiger partial charge in [-0.3, -0.25) is 5.10 Å². The third-order valence-corrected chi connectivity index (χ3v) is 5.30. The Hall–Kier alpha value is -1.82. The lowest BCUT2D eigenvalue weighted by atomic mass is 9.98. The van der Waals surface area contributed by atoms with E-state index in [-0.39, 0.29) is 12.1 Å². The second kappa shape index (κ2) is 7.64. The molecule has 3 heterocycles. The molecule has 0 radical (unpaired) electrons. The summed E-state index contributed by atoms with van der Waals surface area (Å²) in [6, 6.07) is 4.43. The van der Waals surface area contributed by atoms with Gasteiger partial charge in [-0.1, -0.05) is 13.0 Å². The molecule has 2 N–H and O–H groups in total. The maximum Gasteiger partial charge on any atom is 0.317 e. The van der Waals surface area contributed by atoms with Crippen molar-refractivity contribution in [2.75, 3.05) is 13.1 Å². The number of thiophene rings is 1. The van der Waals surface area contributed by atoms with E-state index in [1.54, 1.807) is 11.3 Å². The van der Waals surface area contributed by atoms with Crippen molar-refractivity contribution in [3.8, 4) is 0 Å². The van der Waals surface area contributed by atoms with E-state index >= 15 is 0 Å². The standard InChI is InChI=1S/C17H24N4OS/c1-13(9-15-5-4-8-23-15)10-18-17(22)21-7-3-2-6-16(21)14-11-19-20-12-14/h4-5,8,11-13,16H,2-3,6-7,9-10H2,1H3,(H,18,22)(H,19,20). The van der Waals surface area contributed by atoms with Crippen molar-refractivity contribution in [1.29, 1.82) is 0 Å². The number of aromatic amines is 1. The summed E-state index contributed by atoms with van der Waals surface area (Å²) in [6.45, 7) is 3.72. The highest BCUT2D eigenvalue weighted by molar-refractivity contribution is 7.09. The van der Waals surface area contributed by atoms with Crippen LogP contribution in [0, 0.1) is 5.92 Å². The van der Waals surface area contributed by atoms with Crippen LogP contribution in [0.4, 0.5) is 4.79 Å². The van der Waals surface area contributed by atoms with Crippen molar-refractivity contribution in [2.24, 2.45) is 5.92 Å². The summed E-state index contributed by atoms with van der Waals surface area (Å²) in [5.74, 6) is 0.440. The summed E-state index contributed by atoms with van der Waals surface area (Å²) in [7, 11) is 0. The summed E-state index contributed by atoms with van der Waals surface area (Å²) in [5.41, 5.74) is 1.10. The first-order valence-electron chi connectivity index (χ1n) is 8.29. The van der Waals surface area contributed by atoms with Crippen LogP contribution in [0.15, 0.2) is 29.9 Å². The lowest BCUT2D eigenvalue weighted by molar-refractivity contribution is 0.150. The summed E-state index contributed by atoms with van der Waals surface area (Å²) < 4.78 is 0. The molecule has 23 heavy (non-hydrogen) atoms. The Morgan fingerprint density at radius 3 is 3.22 bits per heavy atom. The number of piperidine rings is 1. The number of amides is 2. The fourth-order valence-electron chi connectivity index (χ4n) is 3.17. The molecule has 0 saturated carbocycles. The minimum Gasteiger partial charge on any atom is -0.338 e. The lowest BCUT2D eigenvalue weighted by Crippen LogP contribution is -2.45. The Morgan fingerprint density at radius 1 is 1.57 bits per heavy atom. The smallest absolute Gasteiger partial charge is 0.317 e. The fourth-order valence-corrected chi connectivity index (χ4v) is 4.04. The van der Waals surface area contributed by atoms with E-state index in [9.17, 15) is 4.79 Å². The Bertz CT molecular complexity index is 596. The number of nitrogens with one attached hydrogen (secondary N) is 2. The van der Waals surface area contributed by atoms with Crippen LogP contribution in [0.25, 0.3) is 0 Å². The van der Waals surface area contributed by atoms with Crippen molar-refractivity contribution in [2.45, 2.75) is 38.6 Å². The average Bonchev–Trinajstić information content (AvgIpc) is 3.26. The van der Waals surface area contributed by atoms with Gasteiger partial charge in [0.1, 0.15) is 0 Å². The van der Waals surface area contributed by atoms with Gasteiger partial charge in [0.15, 0.2) is 0 Å². The van der Waals surface area contributed by atoms with Crippen molar-refractivity contribution < 1.29 is 4.79 Å². The molecule has 124 valence electrons. The van der Waals surface area contributed by atoms with Crippen LogP contribution >= 0.6 is 11.3 Å². The largest absolute Gasteiger partial charge is 0.338 e. The predicted octanol–water partition coefficient (Wildman–Crippen LogP) is 3.59. The molecule has 0 aliphatic carbocycles. The molecule has 2 atom stereocenters. The summed E-state index contributed by atoms with van der Waals surface area (Å²) in [6.07, 6.45) is 7.99. The van der Waals surface area contributed by atoms with Crippen LogP contribution in [-0.4, -0.2) is 34.2 Å². The minimum absolute atomic E-state index is 0.0499. The first kappa shape index (κ1) is 16.1. The van der Waals surface area contributed by atoms with Crippen molar-refractivity contribution in [3.05, 3.63) is 40.3 Å². The SMILES string of the molecule is CC(CNC(=O)N1CCCCC1c1cn[nH]c1)Cc1cccs1. The number of hydrogen-bond donors (Lipinski definition) is 2. The summed E-state index contributed by atoms with van der Waals surface area (Å²) >= 11 is 1.78. The van der Waals surface area contributed by atoms with Gasteiger partial charge in [-0.15, -0.1) is 11.3 Å². The third kappa shape index (κ3) is 4.13. The number of rotatable bonds is 5. The molecule has 1 aliphatic rings. The van der Waals surface area contributed by atoms with Gasteiger partial charge in [0.25, 0.3) is 0 Å². The number of likely N-dealkylation sites (tertiary alicyclic amines) is 1. The molecule has 2 amide bonds. The van der Waals surface area contributed by atoms with E-state index in [1.165, 1.54) is 4.88 Å². The molecular weight excluding hydrogens is 308 g/mol. The zero-order chi connectivity index (χ0) is 16.1. The van der Waals surface area contributed by atoms with Gasteiger partial charge < -0.3 is 10.2 Å². The van der Waals surface area contributed by atoms with E-state index in [2.05, 4.69) is 40.0 Å². The number of urea groups is 1. The normalized spacial score (nSPS) is 19.5. The maximum atomic E-state index is 12.6. The Balaban J connectivity index is 1.53. The second-order valence-electron chi connectivity index (χ2n) is 6.31. The highest BCUT2D eigenvalue weighted by Crippen LogP contribution is 2.30. The van der Waals surface area contributed by atoms with E-state index in [0.29, 0.717) is 12.5 Å². The molecule has 2 aromatic rings. The predicted molar refractivity (Wildman–Crippen MR) is 92.5 cm³/mol. The minimum atomic E-state index is 0.0499. The Morgan fingerprint density at radius 2 is 2.48 bits per heavy atom. The number of H-pyrrole nitrogens is 1. The van der Waals surface area contributed by atoms with E-state index in [1.807, 2.05) is 17.3 Å². The first-order valence-corrected chi connectivity index (χ1v) is 9.17. The van der Waals surface area contributed by atoms with Crippen molar-refractivity contribution in [3.63, 3.8) is 0 Å². The number of nitrogens with zero attached hydrogens (tertiary/aromatic N) is 2. The van der Waals surface area contributed by atoms with Crippen LogP contribution in [0.5, 0.6) is 0 Å². The molecule has 5 nitrogen and oxygen atoms in total. The molecule has 1 aliphatic heterocycles. The monoisotopic (exact) mass is 332 g/mol. The van der Waals surface area contributed by atoms with Crippen molar-refractivity contribution in [1.82, 2.24) is 20.4 Å². The highest BCUT2D eigenvalue weighted by atomic mass is 32.1. The van der Waals surface area contributed by atoms with E-state index < -0.39 is 0 Å². The topological polar surface area (TPSA) is 61.0 Å². The van der Waals surface area contributed by atoms with Gasteiger partial charge in [0.05, 0.1) is 12.2 Å². The number of carbonyl (C=O) groups is 1. The molecule has 6 heteroatoms. The Labute approximate surface area is 141 Å². The lowest BCUT2D eigenvalue weighted by Gasteiger charge is -2.35. The van der Waals surface area contributed by atoms with Gasteiger partial charge in [-0.2, -0.15) is 5.10 Å². The molecule has 0 aromatic carbocycles. The molecule has 2 unspecified atom stereocenters. The molecular formula is C17H24N4OS. The van der Waals surface area contributed by atoms with Gasteiger partial charge in [-0.05, 0) is 43.0 Å². The number of hydrogen-bond acceptors (Lipinski definition) is 3. The fraction of sp³-hybridized carbons (Fsp3) is 0.529. The average molecular weight is 332 g/mol. The molecule has 2 aromatic heterocycles. The van der Waals surface area contributed by atoms with Gasteiger partial charge in [-0.25, -0.2) is 4.79 Å². The second-order valence-corrected chi connectivity index (χ2v) is 7.34. The molecule has 1 fully saturated rings. The number of carbonyl (C=O) groups excluding carboxylic acids is 1. The highest BCUT2D eigenvalue weighted by Gasteiger charge is 2.28. The first-order chi connectivity index (χ1) is 11.2. The molecule has 1 saturated heterocycles. The third-order valence-electron chi connectivity index (χ3n) is 4.40. The summed E-state index contributed by atoms with van der Waals surface area (Å²) in [4.78, 5) is 15.9. The molecule has 0 bridgehead atoms. The van der Waals surface area contributed by atoms with E-state index in [4.69, 9.17) is 0 Å². The maximum absolute atomic E-state index is 12.6. The van der Waals surface area contributed by atoms with Crippen LogP contribution < -0.4 is 5.32 Å². The molecule has 3 rings (SSSR count).